The van der Waals surface area contributed by atoms with Gasteiger partial charge in [-0.15, -0.1) is 0 Å². The molecular weight excluding hydrogens is 265 g/mol. The van der Waals surface area contributed by atoms with Gasteiger partial charge in [-0.3, -0.25) is 9.35 Å². The SMILES string of the molecule is CC(=O)NC(C(F)(F)F)C(F)(F)S(=O)(=O)O. The first kappa shape index (κ1) is 15.0. The van der Waals surface area contributed by atoms with E-state index >= 15 is 0 Å². The van der Waals surface area contributed by atoms with E-state index in [1.165, 1.54) is 0 Å². The third-order valence-electron chi connectivity index (χ3n) is 1.35. The van der Waals surface area contributed by atoms with Gasteiger partial charge in [0, 0.05) is 6.92 Å². The summed E-state index contributed by atoms with van der Waals surface area (Å²) in [6.45, 7) is 0.485. The molecule has 1 atom stereocenters. The van der Waals surface area contributed by atoms with Gasteiger partial charge in [0.05, 0.1) is 0 Å². The zero-order valence-electron chi connectivity index (χ0n) is 7.55. The van der Waals surface area contributed by atoms with Crippen molar-refractivity contribution >= 4 is 16.0 Å². The predicted molar refractivity (Wildman–Crippen MR) is 40.2 cm³/mol. The normalized spacial score (nSPS) is 15.7. The van der Waals surface area contributed by atoms with Gasteiger partial charge >= 0.3 is 21.5 Å². The number of rotatable bonds is 3. The van der Waals surface area contributed by atoms with Crippen LogP contribution in [0.3, 0.4) is 0 Å². The molecule has 0 aromatic carbocycles. The van der Waals surface area contributed by atoms with Crippen LogP contribution in [0.4, 0.5) is 22.0 Å². The molecule has 0 aliphatic carbocycles. The molecule has 0 aromatic rings. The Hall–Kier alpha value is -0.970. The van der Waals surface area contributed by atoms with Crippen LogP contribution in [0.2, 0.25) is 0 Å². The van der Waals surface area contributed by atoms with Gasteiger partial charge in [-0.25, -0.2) is 0 Å². The maximum atomic E-state index is 12.7. The largest absolute Gasteiger partial charge is 0.415 e. The molecule has 5 nitrogen and oxygen atoms in total. The van der Waals surface area contributed by atoms with E-state index in [4.69, 9.17) is 4.55 Å². The molecule has 16 heavy (non-hydrogen) atoms. The molecule has 0 saturated heterocycles. The molecule has 0 aromatic heterocycles. The highest BCUT2D eigenvalue weighted by atomic mass is 32.2. The molecule has 0 bridgehead atoms. The molecule has 11 heteroatoms. The minimum Gasteiger partial charge on any atom is -0.339 e. The molecule has 0 aliphatic rings. The third-order valence-corrected chi connectivity index (χ3v) is 2.28. The van der Waals surface area contributed by atoms with E-state index in [2.05, 4.69) is 0 Å². The number of hydrogen-bond donors (Lipinski definition) is 2. The fraction of sp³-hybridized carbons (Fsp3) is 0.800. The second-order valence-electron chi connectivity index (χ2n) is 2.71. The smallest absolute Gasteiger partial charge is 0.339 e. The van der Waals surface area contributed by atoms with Gasteiger partial charge in [0.15, 0.2) is 0 Å². The summed E-state index contributed by atoms with van der Waals surface area (Å²) in [5.74, 6) is -1.52. The Balaban J connectivity index is 5.45. The summed E-state index contributed by atoms with van der Waals surface area (Å²) in [6, 6.07) is -4.01. The number of amides is 1. The summed E-state index contributed by atoms with van der Waals surface area (Å²) in [5, 5.41) is -4.85. The summed E-state index contributed by atoms with van der Waals surface area (Å²) in [6.07, 6.45) is -5.73. The molecular formula is C5H6F5NO4S. The highest BCUT2D eigenvalue weighted by Crippen LogP contribution is 2.35. The second-order valence-corrected chi connectivity index (χ2v) is 4.21. The lowest BCUT2D eigenvalue weighted by molar-refractivity contribution is -0.196. The maximum Gasteiger partial charge on any atom is 0.415 e. The average molecular weight is 271 g/mol. The highest BCUT2D eigenvalue weighted by Gasteiger charge is 2.63. The lowest BCUT2D eigenvalue weighted by atomic mass is 10.3. The number of hydrogen-bond acceptors (Lipinski definition) is 3. The van der Waals surface area contributed by atoms with Crippen molar-refractivity contribution in [3.05, 3.63) is 0 Å². The molecule has 2 N–H and O–H groups in total. The molecule has 0 radical (unpaired) electrons. The molecule has 0 saturated carbocycles. The molecule has 0 aliphatic heterocycles. The minimum absolute atomic E-state index is 0.485. The van der Waals surface area contributed by atoms with Gasteiger partial charge in [-0.1, -0.05) is 0 Å². The van der Waals surface area contributed by atoms with E-state index in [9.17, 15) is 35.2 Å². The molecule has 96 valence electrons. The summed E-state index contributed by atoms with van der Waals surface area (Å²) >= 11 is 0. The van der Waals surface area contributed by atoms with Gasteiger partial charge < -0.3 is 5.32 Å². The standard InChI is InChI=1S/C5H6F5NO4S/c1-2(12)11-3(4(6,7)8)5(9,10)16(13,14)15/h3H,1H3,(H,11,12)(H,13,14,15). The van der Waals surface area contributed by atoms with Gasteiger partial charge in [0.2, 0.25) is 11.9 Å². The Kier molecular flexibility index (Phi) is 3.88. The van der Waals surface area contributed by atoms with Crippen LogP contribution in [0.5, 0.6) is 0 Å². The Labute approximate surface area is 86.4 Å². The number of halogens is 5. The monoisotopic (exact) mass is 271 g/mol. The van der Waals surface area contributed by atoms with Crippen molar-refractivity contribution in [2.45, 2.75) is 24.4 Å². The van der Waals surface area contributed by atoms with Crippen molar-refractivity contribution in [3.8, 4) is 0 Å². The minimum atomic E-state index is -6.30. The van der Waals surface area contributed by atoms with Crippen molar-refractivity contribution in [1.82, 2.24) is 5.32 Å². The Morgan fingerprint density at radius 1 is 1.25 bits per heavy atom. The number of carbonyl (C=O) groups excluding carboxylic acids is 1. The summed E-state index contributed by atoms with van der Waals surface area (Å²) in [4.78, 5) is 10.3. The van der Waals surface area contributed by atoms with Crippen LogP contribution in [-0.4, -0.2) is 36.4 Å². The van der Waals surface area contributed by atoms with Crippen LogP contribution in [0.1, 0.15) is 6.92 Å². The van der Waals surface area contributed by atoms with Gasteiger partial charge in [-0.2, -0.15) is 30.4 Å². The van der Waals surface area contributed by atoms with Crippen LogP contribution >= 0.6 is 0 Å². The van der Waals surface area contributed by atoms with E-state index in [1.807, 2.05) is 0 Å². The number of nitrogens with one attached hydrogen (secondary N) is 1. The first-order chi connectivity index (χ1) is 6.80. The Morgan fingerprint density at radius 3 is 1.81 bits per heavy atom. The van der Waals surface area contributed by atoms with Crippen LogP contribution < -0.4 is 5.32 Å². The second kappa shape index (κ2) is 4.13. The zero-order chi connectivity index (χ0) is 13.4. The van der Waals surface area contributed by atoms with Gasteiger partial charge in [0.1, 0.15) is 0 Å². The van der Waals surface area contributed by atoms with E-state index in [1.54, 1.807) is 0 Å². The van der Waals surface area contributed by atoms with Gasteiger partial charge in [0.25, 0.3) is 0 Å². The zero-order valence-corrected chi connectivity index (χ0v) is 8.36. The van der Waals surface area contributed by atoms with Crippen LogP contribution in [-0.2, 0) is 14.9 Å². The fourth-order valence-electron chi connectivity index (χ4n) is 0.709. The Morgan fingerprint density at radius 2 is 1.62 bits per heavy atom. The molecule has 0 fully saturated rings. The van der Waals surface area contributed by atoms with Crippen LogP contribution in [0, 0.1) is 0 Å². The summed E-state index contributed by atoms with van der Waals surface area (Å²) in [5.41, 5.74) is 0. The van der Waals surface area contributed by atoms with E-state index < -0.39 is 33.5 Å². The first-order valence-corrected chi connectivity index (χ1v) is 4.93. The third kappa shape index (κ3) is 3.27. The van der Waals surface area contributed by atoms with Crippen molar-refractivity contribution in [1.29, 1.82) is 0 Å². The lowest BCUT2D eigenvalue weighted by Crippen LogP contribution is -2.58. The van der Waals surface area contributed by atoms with E-state index in [0.717, 1.165) is 0 Å². The first-order valence-electron chi connectivity index (χ1n) is 3.49. The number of alkyl halides is 5. The molecule has 0 heterocycles. The van der Waals surface area contributed by atoms with Crippen molar-refractivity contribution < 1.29 is 39.7 Å². The predicted octanol–water partition coefficient (Wildman–Crippen LogP) is 0.534. The molecule has 0 rings (SSSR count). The lowest BCUT2D eigenvalue weighted by Gasteiger charge is -2.26. The van der Waals surface area contributed by atoms with Gasteiger partial charge in [-0.05, 0) is 0 Å². The molecule has 1 amide bonds. The summed E-state index contributed by atoms with van der Waals surface area (Å²) < 4.78 is 89.6. The van der Waals surface area contributed by atoms with Crippen LogP contribution in [0.25, 0.3) is 0 Å². The number of carbonyl (C=O) groups is 1. The topological polar surface area (TPSA) is 83.5 Å². The van der Waals surface area contributed by atoms with E-state index in [-0.39, 0.29) is 0 Å². The quantitative estimate of drug-likeness (QED) is 0.579. The molecule has 0 spiro atoms. The Bertz CT molecular complexity index is 375. The summed E-state index contributed by atoms with van der Waals surface area (Å²) in [7, 11) is -6.30. The fourth-order valence-corrected chi connectivity index (χ4v) is 1.20. The average Bonchev–Trinajstić information content (AvgIpc) is 1.95. The van der Waals surface area contributed by atoms with Crippen molar-refractivity contribution in [3.63, 3.8) is 0 Å². The van der Waals surface area contributed by atoms with E-state index in [0.29, 0.717) is 12.2 Å². The maximum absolute atomic E-state index is 12.7. The highest BCUT2D eigenvalue weighted by molar-refractivity contribution is 7.86. The van der Waals surface area contributed by atoms with Crippen LogP contribution in [0.15, 0.2) is 0 Å². The van der Waals surface area contributed by atoms with Crippen molar-refractivity contribution in [2.75, 3.05) is 0 Å². The molecule has 1 unspecified atom stereocenters. The van der Waals surface area contributed by atoms with Crippen molar-refractivity contribution in [2.24, 2.45) is 0 Å².